The molecule has 4 nitrogen and oxygen atoms in total. The summed E-state index contributed by atoms with van der Waals surface area (Å²) in [6.45, 7) is 10.1. The van der Waals surface area contributed by atoms with Crippen LogP contribution in [0.3, 0.4) is 0 Å². The molecule has 0 aliphatic heterocycles. The van der Waals surface area contributed by atoms with Crippen molar-refractivity contribution in [2.75, 3.05) is 20.3 Å². The SMILES string of the molecule is CCCn1ncc(CNCCOC)c1C(C)C. The number of nitrogens with one attached hydrogen (secondary N) is 1. The van der Waals surface area contributed by atoms with Crippen molar-refractivity contribution >= 4 is 0 Å². The van der Waals surface area contributed by atoms with Gasteiger partial charge >= 0.3 is 0 Å². The van der Waals surface area contributed by atoms with Gasteiger partial charge in [0.2, 0.25) is 0 Å². The van der Waals surface area contributed by atoms with Crippen molar-refractivity contribution < 1.29 is 4.74 Å². The van der Waals surface area contributed by atoms with Crippen LogP contribution in [0.5, 0.6) is 0 Å². The van der Waals surface area contributed by atoms with Crippen molar-refractivity contribution in [1.29, 1.82) is 0 Å². The van der Waals surface area contributed by atoms with Crippen LogP contribution in [-0.4, -0.2) is 30.0 Å². The predicted molar refractivity (Wildman–Crippen MR) is 70.2 cm³/mol. The topological polar surface area (TPSA) is 39.1 Å². The maximum atomic E-state index is 5.02. The maximum absolute atomic E-state index is 5.02. The molecule has 0 aliphatic rings. The van der Waals surface area contributed by atoms with Gasteiger partial charge in [-0.2, -0.15) is 5.10 Å². The molecule has 4 heteroatoms. The lowest BCUT2D eigenvalue weighted by atomic mass is 10.1. The lowest BCUT2D eigenvalue weighted by molar-refractivity contribution is 0.199. The van der Waals surface area contributed by atoms with Crippen LogP contribution in [0.25, 0.3) is 0 Å². The van der Waals surface area contributed by atoms with E-state index in [1.165, 1.54) is 11.3 Å². The summed E-state index contributed by atoms with van der Waals surface area (Å²) in [5, 5.41) is 7.85. The molecule has 0 saturated carbocycles. The van der Waals surface area contributed by atoms with E-state index in [2.05, 4.69) is 35.9 Å². The molecule has 1 heterocycles. The van der Waals surface area contributed by atoms with Crippen molar-refractivity contribution in [3.05, 3.63) is 17.5 Å². The first-order valence-electron chi connectivity index (χ1n) is 6.44. The molecule has 0 radical (unpaired) electrons. The number of methoxy groups -OCH3 is 1. The highest BCUT2D eigenvalue weighted by atomic mass is 16.5. The van der Waals surface area contributed by atoms with Gasteiger partial charge in [0.15, 0.2) is 0 Å². The monoisotopic (exact) mass is 239 g/mol. The quantitative estimate of drug-likeness (QED) is 0.707. The third kappa shape index (κ3) is 4.13. The second-order valence-corrected chi connectivity index (χ2v) is 4.60. The van der Waals surface area contributed by atoms with Gasteiger partial charge in [-0.1, -0.05) is 20.8 Å². The maximum Gasteiger partial charge on any atom is 0.0587 e. The first kappa shape index (κ1) is 14.2. The van der Waals surface area contributed by atoms with Crippen molar-refractivity contribution in [2.24, 2.45) is 0 Å². The molecule has 1 N–H and O–H groups in total. The summed E-state index contributed by atoms with van der Waals surface area (Å²) in [5.74, 6) is 0.517. The van der Waals surface area contributed by atoms with E-state index in [0.717, 1.165) is 32.7 Å². The molecule has 0 saturated heterocycles. The number of ether oxygens (including phenoxy) is 1. The smallest absolute Gasteiger partial charge is 0.0587 e. The van der Waals surface area contributed by atoms with Crippen LogP contribution >= 0.6 is 0 Å². The van der Waals surface area contributed by atoms with Crippen molar-refractivity contribution in [3.63, 3.8) is 0 Å². The number of aryl methyl sites for hydroxylation is 1. The highest BCUT2D eigenvalue weighted by molar-refractivity contribution is 5.20. The fraction of sp³-hybridized carbons (Fsp3) is 0.769. The van der Waals surface area contributed by atoms with Crippen LogP contribution in [0.2, 0.25) is 0 Å². The van der Waals surface area contributed by atoms with E-state index in [1.807, 2.05) is 6.20 Å². The molecule has 1 aromatic heterocycles. The molecule has 17 heavy (non-hydrogen) atoms. The van der Waals surface area contributed by atoms with Crippen LogP contribution in [0.1, 0.15) is 44.4 Å². The van der Waals surface area contributed by atoms with E-state index >= 15 is 0 Å². The van der Waals surface area contributed by atoms with E-state index in [4.69, 9.17) is 4.74 Å². The summed E-state index contributed by atoms with van der Waals surface area (Å²) in [7, 11) is 1.72. The molecule has 1 aromatic rings. The Hall–Kier alpha value is -0.870. The first-order chi connectivity index (χ1) is 8.20. The van der Waals surface area contributed by atoms with Gasteiger partial charge in [-0.3, -0.25) is 4.68 Å². The lowest BCUT2D eigenvalue weighted by Crippen LogP contribution is -2.19. The Balaban J connectivity index is 2.64. The van der Waals surface area contributed by atoms with Crippen molar-refractivity contribution in [2.45, 2.75) is 46.2 Å². The van der Waals surface area contributed by atoms with E-state index in [0.29, 0.717) is 5.92 Å². The van der Waals surface area contributed by atoms with E-state index in [-0.39, 0.29) is 0 Å². The van der Waals surface area contributed by atoms with Crippen LogP contribution in [-0.2, 0) is 17.8 Å². The molecule has 0 bridgehead atoms. The minimum atomic E-state index is 0.517. The molecule has 0 unspecified atom stereocenters. The average molecular weight is 239 g/mol. The van der Waals surface area contributed by atoms with Crippen LogP contribution in [0.15, 0.2) is 6.20 Å². The van der Waals surface area contributed by atoms with Crippen LogP contribution in [0, 0.1) is 0 Å². The largest absolute Gasteiger partial charge is 0.383 e. The summed E-state index contributed by atoms with van der Waals surface area (Å²) in [6.07, 6.45) is 3.11. The predicted octanol–water partition coefficient (Wildman–Crippen LogP) is 2.15. The summed E-state index contributed by atoms with van der Waals surface area (Å²) >= 11 is 0. The Morgan fingerprint density at radius 2 is 2.24 bits per heavy atom. The number of nitrogens with zero attached hydrogens (tertiary/aromatic N) is 2. The molecule has 0 fully saturated rings. The van der Waals surface area contributed by atoms with E-state index < -0.39 is 0 Å². The van der Waals surface area contributed by atoms with Crippen molar-refractivity contribution in [1.82, 2.24) is 15.1 Å². The summed E-state index contributed by atoms with van der Waals surface area (Å²) < 4.78 is 7.15. The average Bonchev–Trinajstić information content (AvgIpc) is 2.68. The standard InChI is InChI=1S/C13H25N3O/c1-5-7-16-13(11(2)3)12(10-15-16)9-14-6-8-17-4/h10-11,14H,5-9H2,1-4H3. The summed E-state index contributed by atoms with van der Waals surface area (Å²) in [5.41, 5.74) is 2.67. The van der Waals surface area contributed by atoms with Gasteiger partial charge in [0.25, 0.3) is 0 Å². The fourth-order valence-electron chi connectivity index (χ4n) is 2.03. The number of hydrogen-bond acceptors (Lipinski definition) is 3. The molecule has 98 valence electrons. The second-order valence-electron chi connectivity index (χ2n) is 4.60. The zero-order chi connectivity index (χ0) is 12.7. The van der Waals surface area contributed by atoms with Gasteiger partial charge in [-0.05, 0) is 12.3 Å². The molecule has 1 rings (SSSR count). The Kier molecular flexibility index (Phi) is 6.22. The number of rotatable bonds is 8. The first-order valence-corrected chi connectivity index (χ1v) is 6.44. The van der Waals surface area contributed by atoms with Gasteiger partial charge < -0.3 is 10.1 Å². The summed E-state index contributed by atoms with van der Waals surface area (Å²) in [4.78, 5) is 0. The normalized spacial score (nSPS) is 11.4. The highest BCUT2D eigenvalue weighted by Gasteiger charge is 2.13. The van der Waals surface area contributed by atoms with E-state index in [9.17, 15) is 0 Å². The van der Waals surface area contributed by atoms with Gasteiger partial charge in [0.1, 0.15) is 0 Å². The van der Waals surface area contributed by atoms with Gasteiger partial charge in [0, 0.05) is 38.0 Å². The molecule has 0 spiro atoms. The Labute approximate surface area is 104 Å². The van der Waals surface area contributed by atoms with E-state index in [1.54, 1.807) is 7.11 Å². The lowest BCUT2D eigenvalue weighted by Gasteiger charge is -2.12. The van der Waals surface area contributed by atoms with Crippen LogP contribution < -0.4 is 5.32 Å². The Bertz CT molecular complexity index is 320. The zero-order valence-electron chi connectivity index (χ0n) is 11.5. The van der Waals surface area contributed by atoms with Gasteiger partial charge in [0.05, 0.1) is 12.8 Å². The Morgan fingerprint density at radius 1 is 1.47 bits per heavy atom. The molecular formula is C13H25N3O. The van der Waals surface area contributed by atoms with Gasteiger partial charge in [-0.25, -0.2) is 0 Å². The highest BCUT2D eigenvalue weighted by Crippen LogP contribution is 2.19. The van der Waals surface area contributed by atoms with Crippen LogP contribution in [0.4, 0.5) is 0 Å². The molecule has 0 atom stereocenters. The number of hydrogen-bond donors (Lipinski definition) is 1. The minimum Gasteiger partial charge on any atom is -0.383 e. The fourth-order valence-corrected chi connectivity index (χ4v) is 2.03. The summed E-state index contributed by atoms with van der Waals surface area (Å²) in [6, 6.07) is 0. The molecule has 0 aliphatic carbocycles. The Morgan fingerprint density at radius 3 is 2.82 bits per heavy atom. The second kappa shape index (κ2) is 7.45. The minimum absolute atomic E-state index is 0.517. The molecule has 0 aromatic carbocycles. The van der Waals surface area contributed by atoms with Gasteiger partial charge in [-0.15, -0.1) is 0 Å². The zero-order valence-corrected chi connectivity index (χ0v) is 11.5. The molecule has 0 amide bonds. The number of aromatic nitrogens is 2. The third-order valence-corrected chi connectivity index (χ3v) is 2.74. The van der Waals surface area contributed by atoms with Crippen molar-refractivity contribution in [3.8, 4) is 0 Å². The molecular weight excluding hydrogens is 214 g/mol. The third-order valence-electron chi connectivity index (χ3n) is 2.74.